The van der Waals surface area contributed by atoms with Crippen molar-refractivity contribution >= 4 is 18.0 Å². The highest BCUT2D eigenvalue weighted by Gasteiger charge is 2.08. The normalized spacial score (nSPS) is 10.7. The minimum absolute atomic E-state index is 0.00802. The molecule has 0 saturated carbocycles. The monoisotopic (exact) mass is 294 g/mol. The summed E-state index contributed by atoms with van der Waals surface area (Å²) in [6, 6.07) is 4.62. The predicted octanol–water partition coefficient (Wildman–Crippen LogP) is 1.91. The van der Waals surface area contributed by atoms with E-state index in [9.17, 15) is 14.7 Å². The van der Waals surface area contributed by atoms with Gasteiger partial charge < -0.3 is 19.3 Å². The number of carbonyl (C=O) groups excluding carboxylic acids is 2. The number of aromatic hydroxyl groups is 1. The number of phenolic OH excluding ortho intramolecular Hbond substituents is 1. The van der Waals surface area contributed by atoms with Crippen molar-refractivity contribution in [2.24, 2.45) is 0 Å². The van der Waals surface area contributed by atoms with Crippen LogP contribution < -0.4 is 4.74 Å². The number of phenols is 1. The fraction of sp³-hybridized carbons (Fsp3) is 0.333. The van der Waals surface area contributed by atoms with Crippen LogP contribution in [0.15, 0.2) is 24.3 Å². The number of rotatable bonds is 6. The van der Waals surface area contributed by atoms with Crippen LogP contribution in [0.25, 0.3) is 6.08 Å². The molecule has 6 heteroatoms. The maximum atomic E-state index is 11.4. The van der Waals surface area contributed by atoms with Gasteiger partial charge in [0.05, 0.1) is 13.2 Å². The molecule has 21 heavy (non-hydrogen) atoms. The maximum Gasteiger partial charge on any atom is 0.344 e. The molecule has 1 rings (SSSR count). The number of ether oxygens (including phenoxy) is 3. The smallest absolute Gasteiger partial charge is 0.344 e. The first-order valence-corrected chi connectivity index (χ1v) is 6.33. The van der Waals surface area contributed by atoms with Gasteiger partial charge in [0.1, 0.15) is 0 Å². The van der Waals surface area contributed by atoms with Crippen LogP contribution in [0, 0.1) is 0 Å². The third kappa shape index (κ3) is 5.99. The topological polar surface area (TPSA) is 82.1 Å². The molecule has 0 aliphatic carbocycles. The average Bonchev–Trinajstić information content (AvgIpc) is 2.43. The lowest BCUT2D eigenvalue weighted by Crippen LogP contribution is -2.18. The molecule has 0 amide bonds. The first-order chi connectivity index (χ1) is 9.92. The number of benzene rings is 1. The van der Waals surface area contributed by atoms with Gasteiger partial charge >= 0.3 is 11.9 Å². The zero-order valence-electron chi connectivity index (χ0n) is 12.2. The van der Waals surface area contributed by atoms with E-state index >= 15 is 0 Å². The van der Waals surface area contributed by atoms with Crippen LogP contribution in [0.1, 0.15) is 19.4 Å². The molecule has 1 aromatic rings. The van der Waals surface area contributed by atoms with Gasteiger partial charge in [-0.25, -0.2) is 9.59 Å². The lowest BCUT2D eigenvalue weighted by molar-refractivity contribution is -0.158. The number of hydrogen-bond acceptors (Lipinski definition) is 6. The second kappa shape index (κ2) is 7.94. The third-order valence-electron chi connectivity index (χ3n) is 2.32. The highest BCUT2D eigenvalue weighted by atomic mass is 16.6. The predicted molar refractivity (Wildman–Crippen MR) is 75.9 cm³/mol. The van der Waals surface area contributed by atoms with Crippen LogP contribution in [-0.2, 0) is 19.1 Å². The van der Waals surface area contributed by atoms with E-state index in [1.807, 2.05) is 0 Å². The van der Waals surface area contributed by atoms with E-state index in [-0.39, 0.29) is 11.9 Å². The summed E-state index contributed by atoms with van der Waals surface area (Å²) >= 11 is 0. The van der Waals surface area contributed by atoms with Gasteiger partial charge in [-0.2, -0.15) is 0 Å². The minimum atomic E-state index is -0.664. The Bertz CT molecular complexity index is 533. The van der Waals surface area contributed by atoms with Gasteiger partial charge in [-0.3, -0.25) is 0 Å². The molecule has 0 unspecified atom stereocenters. The second-order valence-corrected chi connectivity index (χ2v) is 4.41. The molecule has 0 atom stereocenters. The van der Waals surface area contributed by atoms with Gasteiger partial charge in [0.25, 0.3) is 0 Å². The molecular weight excluding hydrogens is 276 g/mol. The van der Waals surface area contributed by atoms with E-state index < -0.39 is 18.5 Å². The summed E-state index contributed by atoms with van der Waals surface area (Å²) in [4.78, 5) is 22.6. The summed E-state index contributed by atoms with van der Waals surface area (Å²) in [5.74, 6) is -0.958. The summed E-state index contributed by atoms with van der Waals surface area (Å²) in [6.45, 7) is 2.98. The van der Waals surface area contributed by atoms with Crippen molar-refractivity contribution in [1.29, 1.82) is 0 Å². The Morgan fingerprint density at radius 1 is 1.33 bits per heavy atom. The van der Waals surface area contributed by atoms with Crippen molar-refractivity contribution < 1.29 is 28.9 Å². The molecule has 6 nitrogen and oxygen atoms in total. The summed E-state index contributed by atoms with van der Waals surface area (Å²) in [5, 5.41) is 9.44. The molecule has 114 valence electrons. The van der Waals surface area contributed by atoms with Gasteiger partial charge in [0, 0.05) is 6.08 Å². The van der Waals surface area contributed by atoms with E-state index in [1.165, 1.54) is 25.3 Å². The lowest BCUT2D eigenvalue weighted by atomic mass is 10.2. The Morgan fingerprint density at radius 2 is 2.05 bits per heavy atom. The largest absolute Gasteiger partial charge is 0.504 e. The zero-order valence-corrected chi connectivity index (χ0v) is 12.2. The highest BCUT2D eigenvalue weighted by Crippen LogP contribution is 2.26. The number of hydrogen-bond donors (Lipinski definition) is 1. The van der Waals surface area contributed by atoms with Gasteiger partial charge in [-0.05, 0) is 37.6 Å². The molecule has 0 fully saturated rings. The summed E-state index contributed by atoms with van der Waals surface area (Å²) < 4.78 is 14.5. The van der Waals surface area contributed by atoms with E-state index in [2.05, 4.69) is 0 Å². The van der Waals surface area contributed by atoms with Crippen molar-refractivity contribution in [3.63, 3.8) is 0 Å². The zero-order chi connectivity index (χ0) is 15.8. The molecular formula is C15H18O6. The Morgan fingerprint density at radius 3 is 2.67 bits per heavy atom. The number of esters is 2. The molecule has 1 N–H and O–H groups in total. The van der Waals surface area contributed by atoms with Crippen LogP contribution >= 0.6 is 0 Å². The molecule has 0 heterocycles. The summed E-state index contributed by atoms with van der Waals surface area (Å²) in [5.41, 5.74) is 0.645. The Hall–Kier alpha value is -2.50. The van der Waals surface area contributed by atoms with Crippen LogP contribution in [0.5, 0.6) is 11.5 Å². The molecule has 0 aliphatic rings. The minimum Gasteiger partial charge on any atom is -0.504 e. The maximum absolute atomic E-state index is 11.4. The molecule has 0 radical (unpaired) electrons. The van der Waals surface area contributed by atoms with Crippen LogP contribution in [0.3, 0.4) is 0 Å². The van der Waals surface area contributed by atoms with Crippen molar-refractivity contribution in [2.75, 3.05) is 13.7 Å². The first-order valence-electron chi connectivity index (χ1n) is 6.33. The van der Waals surface area contributed by atoms with Crippen molar-refractivity contribution in [2.45, 2.75) is 20.0 Å². The molecule has 0 saturated heterocycles. The Balaban J connectivity index is 2.52. The van der Waals surface area contributed by atoms with E-state index in [1.54, 1.807) is 26.0 Å². The van der Waals surface area contributed by atoms with Crippen molar-refractivity contribution in [1.82, 2.24) is 0 Å². The number of carbonyl (C=O) groups is 2. The molecule has 0 bridgehead atoms. The van der Waals surface area contributed by atoms with Gasteiger partial charge in [0.15, 0.2) is 18.1 Å². The second-order valence-electron chi connectivity index (χ2n) is 4.41. The van der Waals surface area contributed by atoms with Gasteiger partial charge in [-0.1, -0.05) is 6.07 Å². The highest BCUT2D eigenvalue weighted by molar-refractivity contribution is 5.88. The quantitative estimate of drug-likeness (QED) is 0.637. The fourth-order valence-corrected chi connectivity index (χ4v) is 1.44. The van der Waals surface area contributed by atoms with Gasteiger partial charge in [0.2, 0.25) is 0 Å². The molecule has 0 spiro atoms. The van der Waals surface area contributed by atoms with Crippen molar-refractivity contribution in [3.05, 3.63) is 29.8 Å². The third-order valence-corrected chi connectivity index (χ3v) is 2.32. The first kappa shape index (κ1) is 16.6. The lowest BCUT2D eigenvalue weighted by Gasteiger charge is -2.07. The van der Waals surface area contributed by atoms with E-state index in [0.717, 1.165) is 0 Å². The number of methoxy groups -OCH3 is 1. The summed E-state index contributed by atoms with van der Waals surface area (Å²) in [6.07, 6.45) is 2.41. The summed E-state index contributed by atoms with van der Waals surface area (Å²) in [7, 11) is 1.43. The fourth-order valence-electron chi connectivity index (χ4n) is 1.44. The van der Waals surface area contributed by atoms with Crippen LogP contribution in [0.4, 0.5) is 0 Å². The molecule has 1 aromatic carbocycles. The van der Waals surface area contributed by atoms with Crippen molar-refractivity contribution in [3.8, 4) is 11.5 Å². The van der Waals surface area contributed by atoms with Crippen LogP contribution in [-0.4, -0.2) is 36.9 Å². The average molecular weight is 294 g/mol. The molecule has 0 aromatic heterocycles. The van der Waals surface area contributed by atoms with Crippen LogP contribution in [0.2, 0.25) is 0 Å². The Labute approximate surface area is 122 Å². The SMILES string of the molecule is COc1cc(/C=C/C(=O)OCC(=O)OC(C)C)ccc1O. The standard InChI is InChI=1S/C15H18O6/c1-10(2)21-15(18)9-20-14(17)7-5-11-4-6-12(16)13(8-11)19-3/h4-8,10,16H,9H2,1-3H3/b7-5+. The van der Waals surface area contributed by atoms with E-state index in [0.29, 0.717) is 11.3 Å². The Kier molecular flexibility index (Phi) is 6.26. The van der Waals surface area contributed by atoms with E-state index in [4.69, 9.17) is 14.2 Å². The molecule has 0 aliphatic heterocycles. The van der Waals surface area contributed by atoms with Gasteiger partial charge in [-0.15, -0.1) is 0 Å².